The molecule has 2 nitrogen and oxygen atoms in total. The van der Waals surface area contributed by atoms with Crippen molar-refractivity contribution in [2.75, 3.05) is 36.0 Å². The Hall–Kier alpha value is -1.96. The molecule has 2 rings (SSSR count). The lowest BCUT2D eigenvalue weighted by Gasteiger charge is -2.23. The summed E-state index contributed by atoms with van der Waals surface area (Å²) in [5.74, 6) is 0. The molecule has 0 aliphatic carbocycles. The van der Waals surface area contributed by atoms with Crippen molar-refractivity contribution in [3.8, 4) is 0 Å². The quantitative estimate of drug-likeness (QED) is 0.600. The largest absolute Gasteiger partial charge is 0.372 e. The zero-order valence-corrected chi connectivity index (χ0v) is 15.9. The number of benzene rings is 2. The summed E-state index contributed by atoms with van der Waals surface area (Å²) in [5, 5.41) is 0. The summed E-state index contributed by atoms with van der Waals surface area (Å²) in [4.78, 5) is 4.78. The summed E-state index contributed by atoms with van der Waals surface area (Å²) in [6, 6.07) is 21.1. The first kappa shape index (κ1) is 20.1. The van der Waals surface area contributed by atoms with E-state index in [-0.39, 0.29) is 0 Å². The highest BCUT2D eigenvalue weighted by Gasteiger charge is 2.01. The fourth-order valence-electron chi connectivity index (χ4n) is 2.78. The van der Waals surface area contributed by atoms with Crippen molar-refractivity contribution in [3.63, 3.8) is 0 Å². The second kappa shape index (κ2) is 12.5. The van der Waals surface area contributed by atoms with Crippen molar-refractivity contribution >= 4 is 11.4 Å². The molecule has 0 unspecified atom stereocenters. The van der Waals surface area contributed by atoms with E-state index in [2.05, 4.69) is 92.1 Å². The van der Waals surface area contributed by atoms with Crippen molar-refractivity contribution in [1.29, 1.82) is 0 Å². The van der Waals surface area contributed by atoms with Gasteiger partial charge in [-0.1, -0.05) is 50.2 Å². The molecule has 0 saturated heterocycles. The SMILES string of the molecule is CCCN(CCC)c1ccccc1.CCN(CC)c1ccccc1. The lowest BCUT2D eigenvalue weighted by Crippen LogP contribution is -2.24. The number of para-hydroxylation sites is 2. The molecule has 0 heterocycles. The third kappa shape index (κ3) is 7.08. The van der Waals surface area contributed by atoms with Crippen LogP contribution < -0.4 is 9.80 Å². The molecule has 2 aromatic carbocycles. The molecular weight excluding hydrogens is 292 g/mol. The Bertz CT molecular complexity index is 500. The third-order valence-corrected chi connectivity index (χ3v) is 3.99. The van der Waals surface area contributed by atoms with Crippen LogP contribution in [-0.2, 0) is 0 Å². The second-order valence-electron chi connectivity index (χ2n) is 5.83. The van der Waals surface area contributed by atoms with Gasteiger partial charge in [-0.3, -0.25) is 0 Å². The van der Waals surface area contributed by atoms with Crippen molar-refractivity contribution < 1.29 is 0 Å². The summed E-state index contributed by atoms with van der Waals surface area (Å²) in [6.45, 7) is 13.3. The normalized spacial score (nSPS) is 9.83. The number of nitrogens with zero attached hydrogens (tertiary/aromatic N) is 2. The van der Waals surface area contributed by atoms with Gasteiger partial charge in [-0.25, -0.2) is 0 Å². The van der Waals surface area contributed by atoms with E-state index >= 15 is 0 Å². The molecule has 0 saturated carbocycles. The van der Waals surface area contributed by atoms with E-state index in [1.165, 1.54) is 24.2 Å². The van der Waals surface area contributed by atoms with E-state index in [4.69, 9.17) is 0 Å². The lowest BCUT2D eigenvalue weighted by molar-refractivity contribution is 0.745. The van der Waals surface area contributed by atoms with Crippen LogP contribution in [0, 0.1) is 0 Å². The first-order valence-corrected chi connectivity index (χ1v) is 9.36. The Morgan fingerprint density at radius 3 is 1.25 bits per heavy atom. The van der Waals surface area contributed by atoms with Gasteiger partial charge in [0.25, 0.3) is 0 Å². The van der Waals surface area contributed by atoms with Crippen LogP contribution in [0.15, 0.2) is 60.7 Å². The first-order chi connectivity index (χ1) is 11.8. The van der Waals surface area contributed by atoms with Gasteiger partial charge in [0, 0.05) is 37.6 Å². The standard InChI is InChI=1S/C12H19N.C10H15N/c1-3-10-13(11-4-2)12-8-6-5-7-9-12;1-3-11(4-2)10-8-6-5-7-9-10/h5-9H,3-4,10-11H2,1-2H3;5-9H,3-4H2,1-2H3. The van der Waals surface area contributed by atoms with Crippen LogP contribution in [0.25, 0.3) is 0 Å². The van der Waals surface area contributed by atoms with Crippen molar-refractivity contribution in [3.05, 3.63) is 60.7 Å². The maximum absolute atomic E-state index is 2.44. The maximum atomic E-state index is 2.44. The molecule has 0 aliphatic heterocycles. The molecule has 0 fully saturated rings. The molecule has 0 N–H and O–H groups in total. The van der Waals surface area contributed by atoms with Gasteiger partial charge in [0.1, 0.15) is 0 Å². The summed E-state index contributed by atoms with van der Waals surface area (Å²) in [5.41, 5.74) is 2.67. The Morgan fingerprint density at radius 1 is 0.542 bits per heavy atom. The van der Waals surface area contributed by atoms with Gasteiger partial charge < -0.3 is 9.80 Å². The maximum Gasteiger partial charge on any atom is 0.0366 e. The summed E-state index contributed by atoms with van der Waals surface area (Å²) in [7, 11) is 0. The smallest absolute Gasteiger partial charge is 0.0366 e. The van der Waals surface area contributed by atoms with Crippen LogP contribution in [0.1, 0.15) is 40.5 Å². The van der Waals surface area contributed by atoms with E-state index < -0.39 is 0 Å². The van der Waals surface area contributed by atoms with Gasteiger partial charge in [0.15, 0.2) is 0 Å². The Morgan fingerprint density at radius 2 is 0.917 bits per heavy atom. The van der Waals surface area contributed by atoms with Crippen LogP contribution in [0.5, 0.6) is 0 Å². The minimum atomic E-state index is 1.08. The van der Waals surface area contributed by atoms with Gasteiger partial charge in [-0.2, -0.15) is 0 Å². The molecule has 132 valence electrons. The van der Waals surface area contributed by atoms with Crippen molar-refractivity contribution in [1.82, 2.24) is 0 Å². The Kier molecular flexibility index (Phi) is 10.4. The van der Waals surface area contributed by atoms with Crippen LogP contribution in [0.3, 0.4) is 0 Å². The number of hydrogen-bond acceptors (Lipinski definition) is 2. The van der Waals surface area contributed by atoms with E-state index in [1.807, 2.05) is 6.07 Å². The fourth-order valence-corrected chi connectivity index (χ4v) is 2.78. The van der Waals surface area contributed by atoms with Gasteiger partial charge in [0.2, 0.25) is 0 Å². The molecule has 2 heteroatoms. The van der Waals surface area contributed by atoms with Gasteiger partial charge >= 0.3 is 0 Å². The van der Waals surface area contributed by atoms with Crippen molar-refractivity contribution in [2.45, 2.75) is 40.5 Å². The first-order valence-electron chi connectivity index (χ1n) is 9.36. The molecule has 0 spiro atoms. The average molecular weight is 327 g/mol. The molecule has 24 heavy (non-hydrogen) atoms. The highest BCUT2D eigenvalue weighted by molar-refractivity contribution is 5.46. The van der Waals surface area contributed by atoms with Crippen LogP contribution in [-0.4, -0.2) is 26.2 Å². The highest BCUT2D eigenvalue weighted by atomic mass is 15.1. The fraction of sp³-hybridized carbons (Fsp3) is 0.455. The Labute approximate surface area is 149 Å². The van der Waals surface area contributed by atoms with Gasteiger partial charge in [-0.15, -0.1) is 0 Å². The van der Waals surface area contributed by atoms with Crippen LogP contribution >= 0.6 is 0 Å². The minimum Gasteiger partial charge on any atom is -0.372 e. The van der Waals surface area contributed by atoms with E-state index in [9.17, 15) is 0 Å². The summed E-state index contributed by atoms with van der Waals surface area (Å²) >= 11 is 0. The zero-order valence-electron chi connectivity index (χ0n) is 15.9. The van der Waals surface area contributed by atoms with Crippen molar-refractivity contribution in [2.24, 2.45) is 0 Å². The molecule has 0 radical (unpaired) electrons. The van der Waals surface area contributed by atoms with Gasteiger partial charge in [-0.05, 0) is 51.0 Å². The molecule has 0 atom stereocenters. The monoisotopic (exact) mass is 326 g/mol. The number of anilines is 2. The van der Waals surface area contributed by atoms with Crippen LogP contribution in [0.2, 0.25) is 0 Å². The molecule has 0 bridgehead atoms. The molecule has 0 aliphatic rings. The molecule has 0 amide bonds. The minimum absolute atomic E-state index is 1.08. The third-order valence-electron chi connectivity index (χ3n) is 3.99. The molecular formula is C22H34N2. The highest BCUT2D eigenvalue weighted by Crippen LogP contribution is 2.13. The number of rotatable bonds is 8. The Balaban J connectivity index is 0.000000243. The van der Waals surface area contributed by atoms with E-state index in [1.54, 1.807) is 0 Å². The van der Waals surface area contributed by atoms with Gasteiger partial charge in [0.05, 0.1) is 0 Å². The topological polar surface area (TPSA) is 6.48 Å². The van der Waals surface area contributed by atoms with Crippen LogP contribution in [0.4, 0.5) is 11.4 Å². The number of hydrogen-bond donors (Lipinski definition) is 0. The summed E-state index contributed by atoms with van der Waals surface area (Å²) in [6.07, 6.45) is 2.43. The predicted octanol–water partition coefficient (Wildman–Crippen LogP) is 5.85. The zero-order chi connectivity index (χ0) is 17.6. The van der Waals surface area contributed by atoms with E-state index in [0.717, 1.165) is 26.2 Å². The van der Waals surface area contributed by atoms with E-state index in [0.29, 0.717) is 0 Å². The second-order valence-corrected chi connectivity index (χ2v) is 5.83. The molecule has 0 aromatic heterocycles. The summed E-state index contributed by atoms with van der Waals surface area (Å²) < 4.78 is 0. The lowest BCUT2D eigenvalue weighted by atomic mass is 10.2. The molecule has 2 aromatic rings. The predicted molar refractivity (Wildman–Crippen MR) is 109 cm³/mol. The average Bonchev–Trinajstić information content (AvgIpc) is 2.65.